The SMILES string of the molecule is COc1ccc2c(c1)N(C(=O)NC(C)C)CC(C)C2. The summed E-state index contributed by atoms with van der Waals surface area (Å²) in [5.74, 6) is 1.26. The zero-order valence-electron chi connectivity index (χ0n) is 12.1. The summed E-state index contributed by atoms with van der Waals surface area (Å²) < 4.78 is 5.26. The zero-order chi connectivity index (χ0) is 14.0. The summed E-state index contributed by atoms with van der Waals surface area (Å²) in [4.78, 5) is 14.1. The van der Waals surface area contributed by atoms with Crippen LogP contribution in [0.2, 0.25) is 0 Å². The summed E-state index contributed by atoms with van der Waals surface area (Å²) in [6.45, 7) is 6.86. The molecular formula is C15H22N2O2. The van der Waals surface area contributed by atoms with Gasteiger partial charge in [0.15, 0.2) is 0 Å². The highest BCUT2D eigenvalue weighted by atomic mass is 16.5. The molecule has 104 valence electrons. The van der Waals surface area contributed by atoms with Crippen molar-refractivity contribution < 1.29 is 9.53 Å². The second kappa shape index (κ2) is 5.51. The number of benzene rings is 1. The molecule has 1 aromatic rings. The first kappa shape index (κ1) is 13.7. The van der Waals surface area contributed by atoms with Gasteiger partial charge in [-0.2, -0.15) is 0 Å². The third-order valence-electron chi connectivity index (χ3n) is 3.30. The maximum atomic E-state index is 12.3. The molecule has 1 heterocycles. The molecule has 1 aliphatic rings. The van der Waals surface area contributed by atoms with E-state index >= 15 is 0 Å². The number of nitrogens with one attached hydrogen (secondary N) is 1. The van der Waals surface area contributed by atoms with Crippen molar-refractivity contribution in [2.75, 3.05) is 18.6 Å². The first-order chi connectivity index (χ1) is 9.01. The number of urea groups is 1. The van der Waals surface area contributed by atoms with Gasteiger partial charge in [0, 0.05) is 18.7 Å². The number of fused-ring (bicyclic) bond motifs is 1. The van der Waals surface area contributed by atoms with Crippen LogP contribution >= 0.6 is 0 Å². The maximum Gasteiger partial charge on any atom is 0.322 e. The quantitative estimate of drug-likeness (QED) is 0.890. The molecule has 0 fully saturated rings. The van der Waals surface area contributed by atoms with Gasteiger partial charge >= 0.3 is 6.03 Å². The fourth-order valence-corrected chi connectivity index (χ4v) is 2.46. The monoisotopic (exact) mass is 262 g/mol. The average molecular weight is 262 g/mol. The zero-order valence-corrected chi connectivity index (χ0v) is 12.1. The minimum atomic E-state index is -0.0314. The summed E-state index contributed by atoms with van der Waals surface area (Å²) >= 11 is 0. The van der Waals surface area contributed by atoms with Gasteiger partial charge < -0.3 is 10.1 Å². The lowest BCUT2D eigenvalue weighted by Gasteiger charge is -2.34. The third kappa shape index (κ3) is 3.00. The maximum absolute atomic E-state index is 12.3. The molecule has 1 N–H and O–H groups in total. The van der Waals surface area contributed by atoms with Crippen LogP contribution in [0.1, 0.15) is 26.3 Å². The van der Waals surface area contributed by atoms with Crippen molar-refractivity contribution in [2.24, 2.45) is 5.92 Å². The van der Waals surface area contributed by atoms with E-state index in [-0.39, 0.29) is 12.1 Å². The molecule has 2 amide bonds. The van der Waals surface area contributed by atoms with Gasteiger partial charge in [-0.05, 0) is 37.8 Å². The van der Waals surface area contributed by atoms with E-state index in [9.17, 15) is 4.79 Å². The first-order valence-electron chi connectivity index (χ1n) is 6.76. The van der Waals surface area contributed by atoms with Crippen LogP contribution in [0.15, 0.2) is 18.2 Å². The van der Waals surface area contributed by atoms with Crippen molar-refractivity contribution in [2.45, 2.75) is 33.2 Å². The Morgan fingerprint density at radius 3 is 2.84 bits per heavy atom. The number of rotatable bonds is 2. The molecule has 2 rings (SSSR count). The molecule has 1 atom stereocenters. The number of nitrogens with zero attached hydrogens (tertiary/aromatic N) is 1. The van der Waals surface area contributed by atoms with Gasteiger partial charge in [-0.25, -0.2) is 4.79 Å². The van der Waals surface area contributed by atoms with E-state index in [1.165, 1.54) is 5.56 Å². The van der Waals surface area contributed by atoms with Crippen molar-refractivity contribution >= 4 is 11.7 Å². The van der Waals surface area contributed by atoms with E-state index in [1.807, 2.05) is 30.9 Å². The van der Waals surface area contributed by atoms with Crippen LogP contribution in [0.5, 0.6) is 5.75 Å². The summed E-state index contributed by atoms with van der Waals surface area (Å²) in [5, 5.41) is 2.96. The molecule has 19 heavy (non-hydrogen) atoms. The van der Waals surface area contributed by atoms with Crippen LogP contribution in [-0.2, 0) is 6.42 Å². The number of ether oxygens (including phenoxy) is 1. The molecule has 1 aromatic carbocycles. The van der Waals surface area contributed by atoms with Gasteiger partial charge in [0.1, 0.15) is 5.75 Å². The van der Waals surface area contributed by atoms with Crippen molar-refractivity contribution in [1.82, 2.24) is 5.32 Å². The Kier molecular flexibility index (Phi) is 3.98. The Morgan fingerprint density at radius 1 is 1.47 bits per heavy atom. The second-order valence-corrected chi connectivity index (χ2v) is 5.52. The fraction of sp³-hybridized carbons (Fsp3) is 0.533. The molecule has 1 aliphatic heterocycles. The molecule has 0 saturated carbocycles. The summed E-state index contributed by atoms with van der Waals surface area (Å²) in [6, 6.07) is 6.06. The fourth-order valence-electron chi connectivity index (χ4n) is 2.46. The van der Waals surface area contributed by atoms with Crippen LogP contribution in [-0.4, -0.2) is 25.7 Å². The minimum Gasteiger partial charge on any atom is -0.497 e. The Bertz CT molecular complexity index is 471. The normalized spacial score (nSPS) is 18.2. The lowest BCUT2D eigenvalue weighted by atomic mass is 9.94. The highest BCUT2D eigenvalue weighted by Crippen LogP contribution is 2.32. The summed E-state index contributed by atoms with van der Waals surface area (Å²) in [6.07, 6.45) is 1.00. The largest absolute Gasteiger partial charge is 0.497 e. The van der Waals surface area contributed by atoms with E-state index in [4.69, 9.17) is 4.74 Å². The minimum absolute atomic E-state index is 0.0314. The van der Waals surface area contributed by atoms with E-state index in [0.29, 0.717) is 5.92 Å². The summed E-state index contributed by atoms with van der Waals surface area (Å²) in [5.41, 5.74) is 2.18. The predicted octanol–water partition coefficient (Wildman–Crippen LogP) is 2.81. The lowest BCUT2D eigenvalue weighted by Crippen LogP contribution is -2.47. The Morgan fingerprint density at radius 2 is 2.21 bits per heavy atom. The van der Waals surface area contributed by atoms with Gasteiger partial charge in [0.2, 0.25) is 0 Å². The van der Waals surface area contributed by atoms with Crippen LogP contribution in [0.3, 0.4) is 0 Å². The highest BCUT2D eigenvalue weighted by molar-refractivity contribution is 5.93. The van der Waals surface area contributed by atoms with Gasteiger partial charge in [-0.3, -0.25) is 4.90 Å². The number of carbonyl (C=O) groups excluding carboxylic acids is 1. The Labute approximate surface area is 114 Å². The Hall–Kier alpha value is -1.71. The molecule has 4 heteroatoms. The van der Waals surface area contributed by atoms with Gasteiger partial charge in [-0.1, -0.05) is 13.0 Å². The smallest absolute Gasteiger partial charge is 0.322 e. The van der Waals surface area contributed by atoms with Crippen molar-refractivity contribution in [3.05, 3.63) is 23.8 Å². The van der Waals surface area contributed by atoms with Gasteiger partial charge in [0.05, 0.1) is 12.8 Å². The van der Waals surface area contributed by atoms with Crippen LogP contribution in [0, 0.1) is 5.92 Å². The van der Waals surface area contributed by atoms with Gasteiger partial charge in [-0.15, -0.1) is 0 Å². The van der Waals surface area contributed by atoms with Crippen molar-refractivity contribution in [3.63, 3.8) is 0 Å². The number of hydrogen-bond acceptors (Lipinski definition) is 2. The Balaban J connectivity index is 2.33. The standard InChI is InChI=1S/C15H22N2O2/c1-10(2)16-15(18)17-9-11(3)7-12-5-6-13(19-4)8-14(12)17/h5-6,8,10-11H,7,9H2,1-4H3,(H,16,18). The molecule has 1 unspecified atom stereocenters. The molecule has 0 aromatic heterocycles. The number of carbonyl (C=O) groups is 1. The van der Waals surface area contributed by atoms with E-state index in [2.05, 4.69) is 18.3 Å². The highest BCUT2D eigenvalue weighted by Gasteiger charge is 2.27. The van der Waals surface area contributed by atoms with Crippen molar-refractivity contribution in [1.29, 1.82) is 0 Å². The third-order valence-corrected chi connectivity index (χ3v) is 3.30. The van der Waals surface area contributed by atoms with Gasteiger partial charge in [0.25, 0.3) is 0 Å². The first-order valence-corrected chi connectivity index (χ1v) is 6.76. The van der Waals surface area contributed by atoms with E-state index in [0.717, 1.165) is 24.4 Å². The summed E-state index contributed by atoms with van der Waals surface area (Å²) in [7, 11) is 1.64. The molecule has 0 spiro atoms. The number of methoxy groups -OCH3 is 1. The second-order valence-electron chi connectivity index (χ2n) is 5.52. The number of amides is 2. The van der Waals surface area contributed by atoms with E-state index in [1.54, 1.807) is 7.11 Å². The average Bonchev–Trinajstić information content (AvgIpc) is 2.36. The van der Waals surface area contributed by atoms with Crippen molar-refractivity contribution in [3.8, 4) is 5.75 Å². The molecular weight excluding hydrogens is 240 g/mol. The van der Waals surface area contributed by atoms with E-state index < -0.39 is 0 Å². The molecule has 0 aliphatic carbocycles. The topological polar surface area (TPSA) is 41.6 Å². The van der Waals surface area contributed by atoms with Crippen LogP contribution < -0.4 is 15.0 Å². The van der Waals surface area contributed by atoms with Crippen LogP contribution in [0.25, 0.3) is 0 Å². The number of anilines is 1. The van der Waals surface area contributed by atoms with Crippen LogP contribution in [0.4, 0.5) is 10.5 Å². The predicted molar refractivity (Wildman–Crippen MR) is 76.9 cm³/mol. The molecule has 0 radical (unpaired) electrons. The molecule has 0 bridgehead atoms. The lowest BCUT2D eigenvalue weighted by molar-refractivity contribution is 0.242. The molecule has 0 saturated heterocycles. The number of hydrogen-bond donors (Lipinski definition) is 1. The molecule has 4 nitrogen and oxygen atoms in total.